The summed E-state index contributed by atoms with van der Waals surface area (Å²) in [6, 6.07) is 13.1. The van der Waals surface area contributed by atoms with Crippen LogP contribution >= 0.6 is 11.8 Å². The van der Waals surface area contributed by atoms with Gasteiger partial charge in [-0.25, -0.2) is 9.78 Å². The first-order valence-corrected chi connectivity index (χ1v) is 10.8. The Bertz CT molecular complexity index is 951. The molecular weight excluding hydrogens is 400 g/mol. The van der Waals surface area contributed by atoms with Crippen molar-refractivity contribution in [1.29, 1.82) is 5.26 Å². The van der Waals surface area contributed by atoms with Gasteiger partial charge in [-0.05, 0) is 37.6 Å². The number of nitriles is 1. The number of rotatable bonds is 5. The number of carbonyl (C=O) groups excluding carboxylic acids is 2. The molecule has 1 saturated heterocycles. The predicted octanol–water partition coefficient (Wildman–Crippen LogP) is 3.90. The van der Waals surface area contributed by atoms with Crippen LogP contribution in [0.5, 0.6) is 0 Å². The van der Waals surface area contributed by atoms with Gasteiger partial charge in [-0.1, -0.05) is 30.0 Å². The lowest BCUT2D eigenvalue weighted by Crippen LogP contribution is -2.43. The summed E-state index contributed by atoms with van der Waals surface area (Å²) in [5.41, 5.74) is 3.01. The maximum absolute atomic E-state index is 12.3. The smallest absolute Gasteiger partial charge is 0.321 e. The number of hydrogen-bond acceptors (Lipinski definition) is 6. The molecule has 0 radical (unpaired) electrons. The SMILES string of the molecule is Cc1cc(C#N)c(SCC(=O)OC2CCN(C(=O)Nc3ccccc3)CC2)nc1C. The lowest BCUT2D eigenvalue weighted by atomic mass is 10.1. The van der Waals surface area contributed by atoms with E-state index < -0.39 is 0 Å². The van der Waals surface area contributed by atoms with Crippen molar-refractivity contribution in [2.24, 2.45) is 0 Å². The molecular formula is C22H24N4O3S. The van der Waals surface area contributed by atoms with E-state index in [1.165, 1.54) is 11.8 Å². The average molecular weight is 425 g/mol. The predicted molar refractivity (Wildman–Crippen MR) is 115 cm³/mol. The van der Waals surface area contributed by atoms with E-state index in [1.54, 1.807) is 11.0 Å². The van der Waals surface area contributed by atoms with E-state index in [4.69, 9.17) is 4.74 Å². The largest absolute Gasteiger partial charge is 0.462 e. The Morgan fingerprint density at radius 1 is 1.27 bits per heavy atom. The van der Waals surface area contributed by atoms with Gasteiger partial charge in [-0.15, -0.1) is 0 Å². The number of ether oxygens (including phenoxy) is 1. The number of para-hydroxylation sites is 1. The maximum atomic E-state index is 12.3. The molecule has 1 aromatic heterocycles. The van der Waals surface area contributed by atoms with E-state index >= 15 is 0 Å². The molecule has 7 nitrogen and oxygen atoms in total. The Morgan fingerprint density at radius 3 is 2.63 bits per heavy atom. The molecule has 1 aliphatic rings. The zero-order valence-electron chi connectivity index (χ0n) is 17.1. The van der Waals surface area contributed by atoms with Crippen LogP contribution in [0.25, 0.3) is 0 Å². The van der Waals surface area contributed by atoms with Gasteiger partial charge in [-0.3, -0.25) is 4.79 Å². The highest BCUT2D eigenvalue weighted by Crippen LogP contribution is 2.23. The van der Waals surface area contributed by atoms with Gasteiger partial charge in [0.1, 0.15) is 17.2 Å². The van der Waals surface area contributed by atoms with Gasteiger partial charge in [0.15, 0.2) is 0 Å². The third-order valence-corrected chi connectivity index (χ3v) is 5.90. The molecule has 0 aliphatic carbocycles. The Morgan fingerprint density at radius 2 is 1.97 bits per heavy atom. The second-order valence-electron chi connectivity index (χ2n) is 7.12. The highest BCUT2D eigenvalue weighted by Gasteiger charge is 2.25. The van der Waals surface area contributed by atoms with Crippen molar-refractivity contribution in [3.63, 3.8) is 0 Å². The first kappa shape index (κ1) is 21.7. The number of aromatic nitrogens is 1. The lowest BCUT2D eigenvalue weighted by molar-refractivity contribution is -0.147. The number of benzene rings is 1. The molecule has 30 heavy (non-hydrogen) atoms. The summed E-state index contributed by atoms with van der Waals surface area (Å²) in [4.78, 5) is 30.7. The fourth-order valence-electron chi connectivity index (χ4n) is 3.12. The van der Waals surface area contributed by atoms with Crippen LogP contribution in [0.3, 0.4) is 0 Å². The number of esters is 1. The molecule has 2 aromatic rings. The van der Waals surface area contributed by atoms with Crippen LogP contribution in [0, 0.1) is 25.2 Å². The molecule has 2 amide bonds. The molecule has 1 N–H and O–H groups in total. The number of anilines is 1. The molecule has 0 spiro atoms. The standard InChI is InChI=1S/C22H24N4O3S/c1-15-12-17(13-23)21(24-16(15)2)30-14-20(27)29-19-8-10-26(11-9-19)22(28)25-18-6-4-3-5-7-18/h3-7,12,19H,8-11,14H2,1-2H3,(H,25,28). The van der Waals surface area contributed by atoms with Gasteiger partial charge in [0, 0.05) is 37.3 Å². The highest BCUT2D eigenvalue weighted by atomic mass is 32.2. The van der Waals surface area contributed by atoms with Crippen molar-refractivity contribution in [1.82, 2.24) is 9.88 Å². The topological polar surface area (TPSA) is 95.3 Å². The number of amides is 2. The van der Waals surface area contributed by atoms with Gasteiger partial charge in [-0.2, -0.15) is 5.26 Å². The maximum Gasteiger partial charge on any atom is 0.321 e. The Labute approximate surface area is 180 Å². The fraction of sp³-hybridized carbons (Fsp3) is 0.364. The number of nitrogens with one attached hydrogen (secondary N) is 1. The van der Waals surface area contributed by atoms with E-state index in [2.05, 4.69) is 16.4 Å². The quantitative estimate of drug-likeness (QED) is 0.578. The van der Waals surface area contributed by atoms with Crippen molar-refractivity contribution in [2.45, 2.75) is 37.8 Å². The van der Waals surface area contributed by atoms with Crippen LogP contribution in [0.1, 0.15) is 29.7 Å². The van der Waals surface area contributed by atoms with Gasteiger partial charge in [0.05, 0.1) is 11.3 Å². The van der Waals surface area contributed by atoms with E-state index in [-0.39, 0.29) is 23.9 Å². The van der Waals surface area contributed by atoms with Gasteiger partial charge in [0.2, 0.25) is 0 Å². The van der Waals surface area contributed by atoms with Crippen LogP contribution < -0.4 is 5.32 Å². The minimum Gasteiger partial charge on any atom is -0.462 e. The highest BCUT2D eigenvalue weighted by molar-refractivity contribution is 7.99. The summed E-state index contributed by atoms with van der Waals surface area (Å²) in [6.07, 6.45) is 0.996. The second-order valence-corrected chi connectivity index (χ2v) is 8.08. The van der Waals surface area contributed by atoms with Crippen molar-refractivity contribution >= 4 is 29.4 Å². The first-order valence-electron chi connectivity index (χ1n) is 9.78. The van der Waals surface area contributed by atoms with Crippen LogP contribution in [0.15, 0.2) is 41.4 Å². The number of nitrogens with zero attached hydrogens (tertiary/aromatic N) is 3. The normalized spacial score (nSPS) is 14.1. The summed E-state index contributed by atoms with van der Waals surface area (Å²) in [5, 5.41) is 12.7. The number of aryl methyl sites for hydroxylation is 2. The number of likely N-dealkylation sites (tertiary alicyclic amines) is 1. The third kappa shape index (κ3) is 5.74. The monoisotopic (exact) mass is 424 g/mol. The van der Waals surface area contributed by atoms with E-state index in [1.807, 2.05) is 44.2 Å². The fourth-order valence-corrected chi connectivity index (χ4v) is 3.91. The molecule has 3 rings (SSSR count). The van der Waals surface area contributed by atoms with Crippen LogP contribution in [-0.2, 0) is 9.53 Å². The van der Waals surface area contributed by atoms with Crippen LogP contribution in [-0.4, -0.2) is 46.8 Å². The molecule has 0 unspecified atom stereocenters. The zero-order valence-corrected chi connectivity index (χ0v) is 17.9. The van der Waals surface area contributed by atoms with E-state index in [9.17, 15) is 14.9 Å². The van der Waals surface area contributed by atoms with Crippen molar-refractivity contribution < 1.29 is 14.3 Å². The van der Waals surface area contributed by atoms with Crippen LogP contribution in [0.4, 0.5) is 10.5 Å². The molecule has 1 aliphatic heterocycles. The summed E-state index contributed by atoms with van der Waals surface area (Å²) in [5.74, 6) is -0.241. The first-order chi connectivity index (χ1) is 14.5. The summed E-state index contributed by atoms with van der Waals surface area (Å²) >= 11 is 1.22. The Balaban J connectivity index is 1.44. The van der Waals surface area contributed by atoms with E-state index in [0.717, 1.165) is 16.9 Å². The number of pyridine rings is 1. The molecule has 0 saturated carbocycles. The molecule has 8 heteroatoms. The Hall–Kier alpha value is -3.05. The second kappa shape index (κ2) is 10.1. The van der Waals surface area contributed by atoms with Crippen LogP contribution in [0.2, 0.25) is 0 Å². The average Bonchev–Trinajstić information content (AvgIpc) is 2.75. The van der Waals surface area contributed by atoms with Gasteiger partial charge >= 0.3 is 12.0 Å². The number of hydrogen-bond donors (Lipinski definition) is 1. The third-order valence-electron chi connectivity index (χ3n) is 4.93. The zero-order chi connectivity index (χ0) is 21.5. The molecule has 0 bridgehead atoms. The van der Waals surface area contributed by atoms with E-state index in [0.29, 0.717) is 36.5 Å². The number of piperidine rings is 1. The molecule has 1 fully saturated rings. The Kier molecular flexibility index (Phi) is 7.31. The summed E-state index contributed by atoms with van der Waals surface area (Å²) < 4.78 is 5.56. The number of carbonyl (C=O) groups is 2. The van der Waals surface area contributed by atoms with Gasteiger partial charge in [0.25, 0.3) is 0 Å². The van der Waals surface area contributed by atoms with Crippen molar-refractivity contribution in [3.05, 3.63) is 53.2 Å². The minimum atomic E-state index is -0.337. The number of urea groups is 1. The lowest BCUT2D eigenvalue weighted by Gasteiger charge is -2.31. The summed E-state index contributed by atoms with van der Waals surface area (Å²) in [7, 11) is 0. The molecule has 0 atom stereocenters. The van der Waals surface area contributed by atoms with Crippen molar-refractivity contribution in [2.75, 3.05) is 24.2 Å². The molecule has 156 valence electrons. The summed E-state index contributed by atoms with van der Waals surface area (Å²) in [6.45, 7) is 4.83. The number of thioether (sulfide) groups is 1. The van der Waals surface area contributed by atoms with Gasteiger partial charge < -0.3 is 15.0 Å². The van der Waals surface area contributed by atoms with Crippen molar-refractivity contribution in [3.8, 4) is 6.07 Å². The minimum absolute atomic E-state index is 0.0961. The molecule has 1 aromatic carbocycles. The molecule has 2 heterocycles.